The van der Waals surface area contributed by atoms with Crippen molar-refractivity contribution in [1.29, 1.82) is 0 Å². The Hall–Kier alpha value is -1.59. The van der Waals surface area contributed by atoms with E-state index in [9.17, 15) is 20.1 Å². The van der Waals surface area contributed by atoms with Gasteiger partial charge in [-0.1, -0.05) is 36.8 Å². The fourth-order valence-corrected chi connectivity index (χ4v) is 5.49. The molecule has 4 rings (SSSR count). The van der Waals surface area contributed by atoms with E-state index in [0.717, 1.165) is 11.1 Å². The highest BCUT2D eigenvalue weighted by molar-refractivity contribution is 5.79. The number of hydrogen-bond acceptors (Lipinski definition) is 8. The van der Waals surface area contributed by atoms with Crippen LogP contribution in [0.2, 0.25) is 0 Å². The van der Waals surface area contributed by atoms with E-state index in [1.54, 1.807) is 7.05 Å². The van der Waals surface area contributed by atoms with Crippen LogP contribution in [0, 0.1) is 12.8 Å². The van der Waals surface area contributed by atoms with Crippen molar-refractivity contribution >= 4 is 5.91 Å². The Morgan fingerprint density at radius 2 is 1.97 bits per heavy atom. The van der Waals surface area contributed by atoms with Gasteiger partial charge in [-0.15, -0.1) is 0 Å². The molecule has 1 saturated carbocycles. The molecule has 3 aliphatic rings. The molecule has 33 heavy (non-hydrogen) atoms. The van der Waals surface area contributed by atoms with Crippen LogP contribution in [0.1, 0.15) is 37.8 Å². The summed E-state index contributed by atoms with van der Waals surface area (Å²) in [6.07, 6.45) is -3.98. The molecule has 0 spiro atoms. The van der Waals surface area contributed by atoms with Gasteiger partial charge in [-0.25, -0.2) is 0 Å². The van der Waals surface area contributed by atoms with Gasteiger partial charge in [0, 0.05) is 5.92 Å². The topological polar surface area (TPSA) is 130 Å². The predicted molar refractivity (Wildman–Crippen MR) is 119 cm³/mol. The lowest BCUT2D eigenvalue weighted by atomic mass is 9.74. The zero-order valence-corrected chi connectivity index (χ0v) is 19.6. The molecule has 2 aliphatic heterocycles. The second-order valence-corrected chi connectivity index (χ2v) is 9.60. The maximum atomic E-state index is 12.9. The molecule has 3 unspecified atom stereocenters. The van der Waals surface area contributed by atoms with Crippen molar-refractivity contribution in [3.63, 3.8) is 0 Å². The average molecular weight is 465 g/mol. The Labute approximate surface area is 194 Å². The number of amides is 1. The first-order valence-electron chi connectivity index (χ1n) is 11.8. The number of aryl methyl sites for hydroxylation is 1. The number of carbonyl (C=O) groups excluding carboxylic acids is 1. The average Bonchev–Trinajstić information content (AvgIpc) is 2.74. The van der Waals surface area contributed by atoms with E-state index in [0.29, 0.717) is 12.8 Å². The number of aliphatic hydroxyl groups is 3. The minimum absolute atomic E-state index is 0.163. The fraction of sp³-hybridized carbons (Fsp3) is 0.708. The van der Waals surface area contributed by atoms with Crippen LogP contribution in [0.15, 0.2) is 24.3 Å². The fourth-order valence-electron chi connectivity index (χ4n) is 5.49. The van der Waals surface area contributed by atoms with Crippen LogP contribution in [-0.2, 0) is 25.4 Å². The summed E-state index contributed by atoms with van der Waals surface area (Å²) in [5.41, 5.74) is 1.93. The van der Waals surface area contributed by atoms with Gasteiger partial charge < -0.3 is 40.2 Å². The predicted octanol–water partition coefficient (Wildman–Crippen LogP) is -0.0206. The van der Waals surface area contributed by atoms with E-state index in [1.807, 2.05) is 45.0 Å². The first kappa shape index (κ1) is 24.5. The molecular weight excluding hydrogens is 428 g/mol. The monoisotopic (exact) mass is 464 g/mol. The largest absolute Gasteiger partial charge is 0.391 e. The summed E-state index contributed by atoms with van der Waals surface area (Å²) in [6, 6.07) is 6.33. The van der Waals surface area contributed by atoms with Crippen LogP contribution >= 0.6 is 0 Å². The smallest absolute Gasteiger partial charge is 0.239 e. The van der Waals surface area contributed by atoms with Gasteiger partial charge in [0.25, 0.3) is 0 Å². The summed E-state index contributed by atoms with van der Waals surface area (Å²) < 4.78 is 18.1. The molecule has 0 aromatic heterocycles. The Kier molecular flexibility index (Phi) is 7.12. The Balaban J connectivity index is 1.55. The molecular formula is C24H36N2O7. The molecule has 9 nitrogen and oxygen atoms in total. The Morgan fingerprint density at radius 1 is 1.21 bits per heavy atom. The summed E-state index contributed by atoms with van der Waals surface area (Å²) in [5, 5.41) is 39.3. The van der Waals surface area contributed by atoms with Crippen molar-refractivity contribution in [3.05, 3.63) is 35.4 Å². The van der Waals surface area contributed by atoms with Gasteiger partial charge in [0.05, 0.1) is 36.8 Å². The quantitative estimate of drug-likeness (QED) is 0.411. The van der Waals surface area contributed by atoms with Crippen LogP contribution in [0.4, 0.5) is 0 Å². The Morgan fingerprint density at radius 3 is 2.64 bits per heavy atom. The Bertz CT molecular complexity index is 854. The summed E-state index contributed by atoms with van der Waals surface area (Å²) >= 11 is 0. The highest BCUT2D eigenvalue weighted by atomic mass is 16.8. The molecule has 5 N–H and O–H groups in total. The van der Waals surface area contributed by atoms with E-state index >= 15 is 0 Å². The van der Waals surface area contributed by atoms with Gasteiger partial charge in [0.2, 0.25) is 18.0 Å². The van der Waals surface area contributed by atoms with Crippen LogP contribution < -0.4 is 10.6 Å². The lowest BCUT2D eigenvalue weighted by Gasteiger charge is -2.58. The minimum atomic E-state index is -1.97. The number of carbonyl (C=O) groups is 1. The highest BCUT2D eigenvalue weighted by Crippen LogP contribution is 2.43. The zero-order chi connectivity index (χ0) is 23.9. The highest BCUT2D eigenvalue weighted by Gasteiger charge is 2.63. The van der Waals surface area contributed by atoms with Crippen molar-refractivity contribution in [3.8, 4) is 0 Å². The lowest BCUT2D eigenvalue weighted by Crippen LogP contribution is -2.77. The molecule has 1 aromatic carbocycles. The molecule has 0 bridgehead atoms. The van der Waals surface area contributed by atoms with E-state index < -0.39 is 54.5 Å². The lowest BCUT2D eigenvalue weighted by molar-refractivity contribution is -0.450. The molecule has 9 heteroatoms. The number of likely N-dealkylation sites (N-methyl/N-ethyl adjacent to an activating group) is 1. The molecule has 3 fully saturated rings. The van der Waals surface area contributed by atoms with Gasteiger partial charge in [-0.3, -0.25) is 4.79 Å². The number of hydrogen-bond donors (Lipinski definition) is 5. The third-order valence-corrected chi connectivity index (χ3v) is 7.21. The van der Waals surface area contributed by atoms with Crippen LogP contribution in [-0.4, -0.2) is 83.0 Å². The second kappa shape index (κ2) is 9.58. The first-order valence-corrected chi connectivity index (χ1v) is 11.8. The molecule has 1 aromatic rings. The van der Waals surface area contributed by atoms with Crippen LogP contribution in [0.25, 0.3) is 0 Å². The summed E-state index contributed by atoms with van der Waals surface area (Å²) in [7, 11) is 1.69. The molecule has 1 aliphatic carbocycles. The van der Waals surface area contributed by atoms with E-state index in [-0.39, 0.29) is 18.4 Å². The minimum Gasteiger partial charge on any atom is -0.391 e. The van der Waals surface area contributed by atoms with Gasteiger partial charge in [0.15, 0.2) is 0 Å². The van der Waals surface area contributed by atoms with Crippen molar-refractivity contribution in [1.82, 2.24) is 10.6 Å². The first-order chi connectivity index (χ1) is 15.7. The van der Waals surface area contributed by atoms with Crippen molar-refractivity contribution in [2.45, 2.75) is 94.7 Å². The third kappa shape index (κ3) is 4.55. The summed E-state index contributed by atoms with van der Waals surface area (Å²) in [5.74, 6) is -2.63. The maximum absolute atomic E-state index is 12.9. The van der Waals surface area contributed by atoms with Gasteiger partial charge >= 0.3 is 0 Å². The molecule has 1 amide bonds. The standard InChI is InChI=1S/C24H36N2O7/c1-5-15-19(28)18(25-4)21-22(20(15)29)32-23-24(30,33-21)16(10-13(3)31-23)26-17(27)11-14-8-6-7-12(2)9-14/h6-9,13,15-16,18-23,25,28-30H,5,10-11H2,1-4H3,(H,26,27)/t13-,15-,16-,18+,19+,20+,21?,22?,23?,24+/m1/s1. The number of ether oxygens (including phenoxy) is 3. The molecule has 10 atom stereocenters. The molecule has 0 radical (unpaired) electrons. The number of nitrogens with one attached hydrogen (secondary N) is 2. The van der Waals surface area contributed by atoms with E-state index in [4.69, 9.17) is 14.2 Å². The van der Waals surface area contributed by atoms with Gasteiger partial charge in [0.1, 0.15) is 12.2 Å². The maximum Gasteiger partial charge on any atom is 0.239 e. The van der Waals surface area contributed by atoms with E-state index in [2.05, 4.69) is 10.6 Å². The summed E-state index contributed by atoms with van der Waals surface area (Å²) in [6.45, 7) is 5.69. The van der Waals surface area contributed by atoms with Gasteiger partial charge in [-0.05, 0) is 39.3 Å². The number of fused-ring (bicyclic) bond motifs is 2. The SMILES string of the molecule is CC[C@@H]1[C@H](O)[C@H](NC)C2O[C@]3(O)C(OC2[C@H]1O)O[C@H](C)C[C@H]3NC(=O)Cc1cccc(C)c1. The number of benzene rings is 1. The third-order valence-electron chi connectivity index (χ3n) is 7.21. The number of rotatable bonds is 5. The van der Waals surface area contributed by atoms with Crippen LogP contribution in [0.3, 0.4) is 0 Å². The second-order valence-electron chi connectivity index (χ2n) is 9.60. The van der Waals surface area contributed by atoms with E-state index in [1.165, 1.54) is 0 Å². The zero-order valence-electron chi connectivity index (χ0n) is 19.6. The van der Waals surface area contributed by atoms with Crippen molar-refractivity contribution < 1.29 is 34.3 Å². The molecule has 184 valence electrons. The normalized spacial score (nSPS) is 42.8. The molecule has 2 heterocycles. The summed E-state index contributed by atoms with van der Waals surface area (Å²) in [4.78, 5) is 12.9. The van der Waals surface area contributed by atoms with Gasteiger partial charge in [-0.2, -0.15) is 0 Å². The van der Waals surface area contributed by atoms with Crippen LogP contribution in [0.5, 0.6) is 0 Å². The van der Waals surface area contributed by atoms with Crippen molar-refractivity contribution in [2.75, 3.05) is 7.05 Å². The molecule has 2 saturated heterocycles. The van der Waals surface area contributed by atoms with Crippen molar-refractivity contribution in [2.24, 2.45) is 5.92 Å². The number of aliphatic hydroxyl groups excluding tert-OH is 2.